The third-order valence-electron chi connectivity index (χ3n) is 5.63. The van der Waals surface area contributed by atoms with E-state index in [9.17, 15) is 4.79 Å². The van der Waals surface area contributed by atoms with Crippen molar-refractivity contribution in [1.29, 1.82) is 0 Å². The Balaban J connectivity index is 1.43. The first-order valence-electron chi connectivity index (χ1n) is 10.6. The van der Waals surface area contributed by atoms with Crippen molar-refractivity contribution in [1.82, 2.24) is 9.97 Å². The van der Waals surface area contributed by atoms with E-state index < -0.39 is 0 Å². The summed E-state index contributed by atoms with van der Waals surface area (Å²) in [6.45, 7) is 5.90. The van der Waals surface area contributed by atoms with Gasteiger partial charge >= 0.3 is 0 Å². The van der Waals surface area contributed by atoms with Crippen LogP contribution in [0.2, 0.25) is 0 Å². The number of aromatic nitrogens is 2. The highest BCUT2D eigenvalue weighted by Gasteiger charge is 2.27. The van der Waals surface area contributed by atoms with Gasteiger partial charge in [0.1, 0.15) is 5.82 Å². The lowest BCUT2D eigenvalue weighted by molar-refractivity contribution is -0.120. The molecular weight excluding hydrogens is 372 g/mol. The number of rotatable bonds is 5. The third-order valence-corrected chi connectivity index (χ3v) is 5.63. The molecule has 1 saturated heterocycles. The molecule has 5 nitrogen and oxygen atoms in total. The van der Waals surface area contributed by atoms with Crippen LogP contribution in [0.3, 0.4) is 0 Å². The first-order valence-corrected chi connectivity index (χ1v) is 10.6. The highest BCUT2D eigenvalue weighted by Crippen LogP contribution is 2.25. The molecule has 1 atom stereocenters. The second kappa shape index (κ2) is 9.08. The quantitative estimate of drug-likeness (QED) is 0.646. The molecule has 0 spiro atoms. The Kier molecular flexibility index (Phi) is 6.07. The fourth-order valence-electron chi connectivity index (χ4n) is 3.85. The molecule has 30 heavy (non-hydrogen) atoms. The van der Waals surface area contributed by atoms with Gasteiger partial charge in [-0.3, -0.25) is 4.79 Å². The summed E-state index contributed by atoms with van der Waals surface area (Å²) in [4.78, 5) is 24.2. The van der Waals surface area contributed by atoms with E-state index in [0.29, 0.717) is 18.3 Å². The molecule has 2 aromatic carbocycles. The topological polar surface area (TPSA) is 58.1 Å². The average molecular weight is 401 g/mol. The molecule has 0 unspecified atom stereocenters. The maximum atomic E-state index is 12.9. The van der Waals surface area contributed by atoms with Crippen LogP contribution in [0.15, 0.2) is 66.9 Å². The van der Waals surface area contributed by atoms with Crippen molar-refractivity contribution in [3.8, 4) is 11.4 Å². The second-order valence-corrected chi connectivity index (χ2v) is 8.16. The number of benzene rings is 2. The molecule has 1 aliphatic rings. The standard InChI is InChI=1S/C25H28N4O/c1-18(2)19-10-12-22(13-11-19)27-25(30)21-9-6-16-29(17-21)23-14-15-26-24(28-23)20-7-4-3-5-8-20/h3-5,7-8,10-15,18,21H,6,9,16-17H2,1-2H3,(H,27,30)/t21-/m0/s1. The van der Waals surface area contributed by atoms with Crippen molar-refractivity contribution in [2.45, 2.75) is 32.6 Å². The van der Waals surface area contributed by atoms with Crippen LogP contribution in [-0.2, 0) is 4.79 Å². The fourth-order valence-corrected chi connectivity index (χ4v) is 3.85. The number of nitrogens with zero attached hydrogens (tertiary/aromatic N) is 3. The third kappa shape index (κ3) is 4.67. The lowest BCUT2D eigenvalue weighted by atomic mass is 9.97. The van der Waals surface area contributed by atoms with Gasteiger partial charge in [0, 0.05) is 30.5 Å². The highest BCUT2D eigenvalue weighted by atomic mass is 16.1. The minimum Gasteiger partial charge on any atom is -0.356 e. The van der Waals surface area contributed by atoms with Gasteiger partial charge in [0.2, 0.25) is 5.91 Å². The normalized spacial score (nSPS) is 16.5. The van der Waals surface area contributed by atoms with E-state index in [0.717, 1.165) is 36.5 Å². The Hall–Kier alpha value is -3.21. The van der Waals surface area contributed by atoms with E-state index in [1.54, 1.807) is 6.20 Å². The van der Waals surface area contributed by atoms with E-state index in [1.807, 2.05) is 48.5 Å². The zero-order valence-electron chi connectivity index (χ0n) is 17.6. The Morgan fingerprint density at radius 3 is 2.57 bits per heavy atom. The van der Waals surface area contributed by atoms with E-state index in [2.05, 4.69) is 41.2 Å². The zero-order chi connectivity index (χ0) is 20.9. The molecule has 1 aliphatic heterocycles. The summed E-state index contributed by atoms with van der Waals surface area (Å²) in [5.74, 6) is 2.09. The first-order chi connectivity index (χ1) is 14.6. The Bertz CT molecular complexity index is 986. The molecule has 1 amide bonds. The summed E-state index contributed by atoms with van der Waals surface area (Å²) in [6, 6.07) is 20.1. The van der Waals surface area contributed by atoms with Crippen molar-refractivity contribution >= 4 is 17.4 Å². The van der Waals surface area contributed by atoms with E-state index in [4.69, 9.17) is 4.98 Å². The summed E-state index contributed by atoms with van der Waals surface area (Å²) in [5.41, 5.74) is 3.13. The lowest BCUT2D eigenvalue weighted by Crippen LogP contribution is -2.41. The van der Waals surface area contributed by atoms with E-state index >= 15 is 0 Å². The van der Waals surface area contributed by atoms with Crippen LogP contribution in [0.5, 0.6) is 0 Å². The van der Waals surface area contributed by atoms with E-state index in [-0.39, 0.29) is 11.8 Å². The minimum atomic E-state index is -0.0568. The van der Waals surface area contributed by atoms with Crippen molar-refractivity contribution in [2.75, 3.05) is 23.3 Å². The molecule has 0 aliphatic carbocycles. The molecule has 4 rings (SSSR count). The van der Waals surface area contributed by atoms with Gasteiger partial charge in [-0.25, -0.2) is 9.97 Å². The number of anilines is 2. The predicted molar refractivity (Wildman–Crippen MR) is 122 cm³/mol. The van der Waals surface area contributed by atoms with Gasteiger partial charge in [-0.15, -0.1) is 0 Å². The van der Waals surface area contributed by atoms with Crippen molar-refractivity contribution in [3.63, 3.8) is 0 Å². The molecule has 154 valence electrons. The monoisotopic (exact) mass is 400 g/mol. The van der Waals surface area contributed by atoms with Gasteiger partial charge in [-0.05, 0) is 42.5 Å². The zero-order valence-corrected chi connectivity index (χ0v) is 17.6. The molecular formula is C25H28N4O. The molecule has 3 aromatic rings. The molecule has 1 N–H and O–H groups in total. The Morgan fingerprint density at radius 1 is 1.07 bits per heavy atom. The van der Waals surface area contributed by atoms with E-state index in [1.165, 1.54) is 5.56 Å². The number of hydrogen-bond acceptors (Lipinski definition) is 4. The van der Waals surface area contributed by atoms with Gasteiger partial charge < -0.3 is 10.2 Å². The maximum absolute atomic E-state index is 12.9. The number of piperidine rings is 1. The van der Waals surface area contributed by atoms with Gasteiger partial charge in [0.15, 0.2) is 5.82 Å². The maximum Gasteiger partial charge on any atom is 0.229 e. The number of carbonyl (C=O) groups excluding carboxylic acids is 1. The lowest BCUT2D eigenvalue weighted by Gasteiger charge is -2.33. The molecule has 5 heteroatoms. The number of carbonyl (C=O) groups is 1. The number of hydrogen-bond donors (Lipinski definition) is 1. The highest BCUT2D eigenvalue weighted by molar-refractivity contribution is 5.93. The second-order valence-electron chi connectivity index (χ2n) is 8.16. The summed E-state index contributed by atoms with van der Waals surface area (Å²) in [7, 11) is 0. The van der Waals surface area contributed by atoms with Crippen LogP contribution < -0.4 is 10.2 Å². The molecule has 1 fully saturated rings. The number of amides is 1. The van der Waals surface area contributed by atoms with Gasteiger partial charge in [0.25, 0.3) is 0 Å². The van der Waals surface area contributed by atoms with Crippen molar-refractivity contribution in [3.05, 3.63) is 72.4 Å². The largest absolute Gasteiger partial charge is 0.356 e. The first kappa shape index (κ1) is 20.1. The van der Waals surface area contributed by atoms with Crippen LogP contribution in [0, 0.1) is 5.92 Å². The predicted octanol–water partition coefficient (Wildman–Crippen LogP) is 5.12. The van der Waals surface area contributed by atoms with Crippen LogP contribution in [0.25, 0.3) is 11.4 Å². The van der Waals surface area contributed by atoms with Crippen molar-refractivity contribution in [2.24, 2.45) is 5.92 Å². The Morgan fingerprint density at radius 2 is 1.83 bits per heavy atom. The average Bonchev–Trinajstić information content (AvgIpc) is 2.80. The molecule has 1 aromatic heterocycles. The fraction of sp³-hybridized carbons (Fsp3) is 0.320. The molecule has 0 radical (unpaired) electrons. The van der Waals surface area contributed by atoms with Crippen LogP contribution in [-0.4, -0.2) is 29.0 Å². The summed E-state index contributed by atoms with van der Waals surface area (Å²) in [6.07, 6.45) is 3.66. The molecule has 0 saturated carbocycles. The Labute approximate surface area is 178 Å². The smallest absolute Gasteiger partial charge is 0.229 e. The summed E-state index contributed by atoms with van der Waals surface area (Å²) < 4.78 is 0. The summed E-state index contributed by atoms with van der Waals surface area (Å²) in [5, 5.41) is 3.09. The van der Waals surface area contributed by atoms with Gasteiger partial charge in [-0.2, -0.15) is 0 Å². The summed E-state index contributed by atoms with van der Waals surface area (Å²) >= 11 is 0. The minimum absolute atomic E-state index is 0.0568. The SMILES string of the molecule is CC(C)c1ccc(NC(=O)[C@H]2CCCN(c3ccnc(-c4ccccc4)n3)C2)cc1. The molecule has 0 bridgehead atoms. The molecule has 2 heterocycles. The van der Waals surface area contributed by atoms with Crippen LogP contribution >= 0.6 is 0 Å². The van der Waals surface area contributed by atoms with Crippen LogP contribution in [0.1, 0.15) is 38.2 Å². The van der Waals surface area contributed by atoms with Crippen molar-refractivity contribution < 1.29 is 4.79 Å². The van der Waals surface area contributed by atoms with Crippen LogP contribution in [0.4, 0.5) is 11.5 Å². The van der Waals surface area contributed by atoms with Gasteiger partial charge in [0.05, 0.1) is 5.92 Å². The number of nitrogens with one attached hydrogen (secondary N) is 1. The van der Waals surface area contributed by atoms with Gasteiger partial charge in [-0.1, -0.05) is 56.3 Å².